The maximum Gasteiger partial charge on any atom is 0.251 e. The predicted octanol–water partition coefficient (Wildman–Crippen LogP) is 0.865. The van der Waals surface area contributed by atoms with Crippen LogP contribution in [0.4, 0.5) is 5.69 Å². The van der Waals surface area contributed by atoms with Crippen LogP contribution in [0, 0.1) is 6.92 Å². The molecule has 6 heteroatoms. The molecule has 1 aromatic carbocycles. The van der Waals surface area contributed by atoms with Crippen molar-refractivity contribution in [3.05, 3.63) is 29.3 Å². The van der Waals surface area contributed by atoms with E-state index >= 15 is 0 Å². The topological polar surface area (TPSA) is 84.2 Å². The van der Waals surface area contributed by atoms with E-state index in [2.05, 4.69) is 10.6 Å². The lowest BCUT2D eigenvalue weighted by Gasteiger charge is -2.08. The van der Waals surface area contributed by atoms with Gasteiger partial charge in [0.15, 0.2) is 0 Å². The molecule has 0 saturated heterocycles. The highest BCUT2D eigenvalue weighted by Crippen LogP contribution is 2.12. The van der Waals surface area contributed by atoms with Crippen molar-refractivity contribution in [3.63, 3.8) is 0 Å². The number of amides is 2. The summed E-state index contributed by atoms with van der Waals surface area (Å²) >= 11 is 0. The molecular weight excluding hydrogens is 254 g/mol. The van der Waals surface area contributed by atoms with Gasteiger partial charge in [-0.15, -0.1) is 12.4 Å². The number of carbonyl (C=O) groups excluding carboxylic acids is 2. The van der Waals surface area contributed by atoms with Gasteiger partial charge in [0, 0.05) is 31.3 Å². The summed E-state index contributed by atoms with van der Waals surface area (Å²) in [5, 5.41) is 5.17. The van der Waals surface area contributed by atoms with E-state index in [0.29, 0.717) is 17.8 Å². The van der Waals surface area contributed by atoms with Crippen molar-refractivity contribution >= 4 is 29.9 Å². The summed E-state index contributed by atoms with van der Waals surface area (Å²) < 4.78 is 0. The molecule has 0 unspecified atom stereocenters. The fraction of sp³-hybridized carbons (Fsp3) is 0.333. The number of anilines is 1. The van der Waals surface area contributed by atoms with Crippen LogP contribution in [0.3, 0.4) is 0 Å². The van der Waals surface area contributed by atoms with Gasteiger partial charge in [-0.05, 0) is 24.6 Å². The highest BCUT2D eigenvalue weighted by Gasteiger charge is 2.09. The highest BCUT2D eigenvalue weighted by atomic mass is 35.5. The third-order valence-electron chi connectivity index (χ3n) is 2.42. The summed E-state index contributed by atoms with van der Waals surface area (Å²) in [7, 11) is 1.56. The summed E-state index contributed by atoms with van der Waals surface area (Å²) in [5.41, 5.74) is 7.57. The van der Waals surface area contributed by atoms with Gasteiger partial charge in [0.1, 0.15) is 0 Å². The highest BCUT2D eigenvalue weighted by molar-refractivity contribution is 5.96. The van der Waals surface area contributed by atoms with Gasteiger partial charge in [0.05, 0.1) is 0 Å². The van der Waals surface area contributed by atoms with Crippen molar-refractivity contribution in [1.29, 1.82) is 0 Å². The Morgan fingerprint density at radius 2 is 2.00 bits per heavy atom. The zero-order chi connectivity index (χ0) is 12.8. The van der Waals surface area contributed by atoms with Crippen LogP contribution in [0.2, 0.25) is 0 Å². The van der Waals surface area contributed by atoms with Gasteiger partial charge >= 0.3 is 0 Å². The molecule has 4 N–H and O–H groups in total. The number of nitrogens with two attached hydrogens (primary N) is 1. The van der Waals surface area contributed by atoms with E-state index in [9.17, 15) is 9.59 Å². The van der Waals surface area contributed by atoms with Gasteiger partial charge in [0.2, 0.25) is 5.91 Å². The van der Waals surface area contributed by atoms with Crippen LogP contribution in [0.25, 0.3) is 0 Å². The van der Waals surface area contributed by atoms with Gasteiger partial charge < -0.3 is 16.4 Å². The number of aryl methyl sites for hydroxylation is 1. The Morgan fingerprint density at radius 1 is 1.33 bits per heavy atom. The fourth-order valence-corrected chi connectivity index (χ4v) is 1.39. The molecule has 2 amide bonds. The Morgan fingerprint density at radius 3 is 2.61 bits per heavy atom. The summed E-state index contributed by atoms with van der Waals surface area (Å²) in [5.74, 6) is -0.312. The molecule has 0 aliphatic rings. The lowest BCUT2D eigenvalue weighted by molar-refractivity contribution is -0.120. The van der Waals surface area contributed by atoms with Crippen LogP contribution < -0.4 is 16.4 Å². The van der Waals surface area contributed by atoms with E-state index in [4.69, 9.17) is 5.73 Å². The number of carbonyl (C=O) groups is 2. The lowest BCUT2D eigenvalue weighted by Crippen LogP contribution is -2.29. The Bertz CT molecular complexity index is 435. The van der Waals surface area contributed by atoms with Gasteiger partial charge in [-0.1, -0.05) is 6.07 Å². The van der Waals surface area contributed by atoms with Crippen LogP contribution in [-0.2, 0) is 4.79 Å². The number of hydrogen-bond acceptors (Lipinski definition) is 3. The van der Waals surface area contributed by atoms with E-state index in [1.165, 1.54) is 0 Å². The zero-order valence-corrected chi connectivity index (χ0v) is 11.3. The smallest absolute Gasteiger partial charge is 0.251 e. The van der Waals surface area contributed by atoms with Gasteiger partial charge in [-0.2, -0.15) is 0 Å². The van der Waals surface area contributed by atoms with Crippen LogP contribution in [0.15, 0.2) is 18.2 Å². The van der Waals surface area contributed by atoms with Crippen LogP contribution >= 0.6 is 12.4 Å². The minimum Gasteiger partial charge on any atom is -0.399 e. The maximum atomic E-state index is 11.8. The number of benzene rings is 1. The van der Waals surface area contributed by atoms with Crippen molar-refractivity contribution < 1.29 is 9.59 Å². The third-order valence-corrected chi connectivity index (χ3v) is 2.42. The molecule has 0 radical (unpaired) electrons. The van der Waals surface area contributed by atoms with E-state index in [0.717, 1.165) is 5.56 Å². The van der Waals surface area contributed by atoms with Crippen molar-refractivity contribution in [2.24, 2.45) is 0 Å². The molecule has 0 saturated carbocycles. The Balaban J connectivity index is 0.00000289. The van der Waals surface area contributed by atoms with E-state index in [1.807, 2.05) is 6.92 Å². The van der Waals surface area contributed by atoms with Crippen molar-refractivity contribution in [1.82, 2.24) is 10.6 Å². The molecule has 100 valence electrons. The Hall–Kier alpha value is -1.75. The number of hydrogen-bond donors (Lipinski definition) is 3. The molecule has 0 spiro atoms. The maximum absolute atomic E-state index is 11.8. The van der Waals surface area contributed by atoms with Crippen molar-refractivity contribution in [3.8, 4) is 0 Å². The first-order valence-electron chi connectivity index (χ1n) is 5.39. The minimum atomic E-state index is -0.210. The molecule has 0 bridgehead atoms. The van der Waals surface area contributed by atoms with E-state index in [-0.39, 0.29) is 30.6 Å². The quantitative estimate of drug-likeness (QED) is 0.711. The van der Waals surface area contributed by atoms with Gasteiger partial charge in [-0.25, -0.2) is 0 Å². The third kappa shape index (κ3) is 4.63. The SMILES string of the molecule is CNC(=O)CCNC(=O)c1cc(N)ccc1C.Cl. The molecule has 0 heterocycles. The second kappa shape index (κ2) is 7.55. The van der Waals surface area contributed by atoms with Crippen LogP contribution in [-0.4, -0.2) is 25.4 Å². The summed E-state index contributed by atoms with van der Waals surface area (Å²) in [4.78, 5) is 22.8. The molecule has 0 aliphatic carbocycles. The lowest BCUT2D eigenvalue weighted by atomic mass is 10.1. The van der Waals surface area contributed by atoms with Crippen molar-refractivity contribution in [2.75, 3.05) is 19.3 Å². The molecule has 0 atom stereocenters. The van der Waals surface area contributed by atoms with Crippen LogP contribution in [0.5, 0.6) is 0 Å². The molecule has 0 fully saturated rings. The number of halogens is 1. The molecule has 0 aliphatic heterocycles. The van der Waals surface area contributed by atoms with Crippen molar-refractivity contribution in [2.45, 2.75) is 13.3 Å². The molecule has 18 heavy (non-hydrogen) atoms. The van der Waals surface area contributed by atoms with E-state index in [1.54, 1.807) is 25.2 Å². The number of nitrogen functional groups attached to an aromatic ring is 1. The standard InChI is InChI=1S/C12H17N3O2.ClH/c1-8-3-4-9(13)7-10(8)12(17)15-6-5-11(16)14-2;/h3-4,7H,5-6,13H2,1-2H3,(H,14,16)(H,15,17);1H. The average molecular weight is 272 g/mol. The van der Waals surface area contributed by atoms with E-state index < -0.39 is 0 Å². The fourth-order valence-electron chi connectivity index (χ4n) is 1.39. The molecule has 1 rings (SSSR count). The normalized spacial score (nSPS) is 9.22. The largest absolute Gasteiger partial charge is 0.399 e. The monoisotopic (exact) mass is 271 g/mol. The predicted molar refractivity (Wildman–Crippen MR) is 73.9 cm³/mol. The average Bonchev–Trinajstić information content (AvgIpc) is 2.31. The summed E-state index contributed by atoms with van der Waals surface area (Å²) in [6, 6.07) is 5.17. The van der Waals surface area contributed by atoms with Gasteiger partial charge in [-0.3, -0.25) is 9.59 Å². The Labute approximate surface area is 113 Å². The molecule has 0 aromatic heterocycles. The minimum absolute atomic E-state index is 0. The molecule has 5 nitrogen and oxygen atoms in total. The second-order valence-corrected chi connectivity index (χ2v) is 3.75. The first-order chi connectivity index (χ1) is 8.04. The van der Waals surface area contributed by atoms with Gasteiger partial charge in [0.25, 0.3) is 5.91 Å². The number of nitrogens with one attached hydrogen (secondary N) is 2. The molecular formula is C12H18ClN3O2. The molecule has 1 aromatic rings. The summed E-state index contributed by atoms with van der Waals surface area (Å²) in [6.45, 7) is 2.15. The number of rotatable bonds is 4. The Kier molecular flexibility index (Phi) is 6.82. The first kappa shape index (κ1) is 16.2. The second-order valence-electron chi connectivity index (χ2n) is 3.75. The van der Waals surface area contributed by atoms with Crippen LogP contribution in [0.1, 0.15) is 22.3 Å². The zero-order valence-electron chi connectivity index (χ0n) is 10.4. The first-order valence-corrected chi connectivity index (χ1v) is 5.39. The summed E-state index contributed by atoms with van der Waals surface area (Å²) in [6.07, 6.45) is 0.267.